The van der Waals surface area contributed by atoms with Gasteiger partial charge < -0.3 is 5.32 Å². The molecule has 1 heterocycles. The van der Waals surface area contributed by atoms with Gasteiger partial charge in [-0.05, 0) is 42.2 Å². The number of anilines is 1. The zero-order chi connectivity index (χ0) is 19.3. The highest BCUT2D eigenvalue weighted by atomic mass is 32.2. The Morgan fingerprint density at radius 1 is 1.15 bits per heavy atom. The van der Waals surface area contributed by atoms with Crippen molar-refractivity contribution in [2.45, 2.75) is 49.8 Å². The quantitative estimate of drug-likeness (QED) is 0.774. The van der Waals surface area contributed by atoms with Crippen LogP contribution in [0.25, 0.3) is 0 Å². The van der Waals surface area contributed by atoms with Gasteiger partial charge in [-0.25, -0.2) is 13.4 Å². The van der Waals surface area contributed by atoms with E-state index in [4.69, 9.17) is 0 Å². The van der Waals surface area contributed by atoms with Crippen LogP contribution in [0.2, 0.25) is 0 Å². The first kappa shape index (κ1) is 19.5. The van der Waals surface area contributed by atoms with Crippen LogP contribution >= 0.6 is 0 Å². The number of aromatic nitrogens is 1. The number of carbonyl (C=O) groups is 1. The van der Waals surface area contributed by atoms with E-state index in [9.17, 15) is 13.2 Å². The van der Waals surface area contributed by atoms with Crippen molar-refractivity contribution in [2.24, 2.45) is 5.92 Å². The third kappa shape index (κ3) is 4.95. The van der Waals surface area contributed by atoms with Gasteiger partial charge in [0.15, 0.2) is 9.84 Å². The molecule has 0 saturated heterocycles. The Kier molecular flexibility index (Phi) is 6.26. The molecule has 1 fully saturated rings. The summed E-state index contributed by atoms with van der Waals surface area (Å²) in [5.74, 6) is 0.727. The summed E-state index contributed by atoms with van der Waals surface area (Å²) < 4.78 is 24.1. The van der Waals surface area contributed by atoms with E-state index in [2.05, 4.69) is 10.3 Å². The van der Waals surface area contributed by atoms with Crippen molar-refractivity contribution < 1.29 is 13.2 Å². The molecule has 1 saturated carbocycles. The predicted octanol–water partition coefficient (Wildman–Crippen LogP) is 4.18. The van der Waals surface area contributed by atoms with Crippen LogP contribution in [0.4, 0.5) is 5.82 Å². The molecule has 1 aliphatic carbocycles. The largest absolute Gasteiger partial charge is 0.310 e. The number of nitrogens with one attached hydrogen (secondary N) is 1. The SMILES string of the molecule is CCS(=O)(=O)c1ccc(C(CC2CCCC2)C(=O)Nc2ccccn2)cc1. The lowest BCUT2D eigenvalue weighted by Crippen LogP contribution is -2.23. The van der Waals surface area contributed by atoms with Crippen LogP contribution in [0.15, 0.2) is 53.6 Å². The zero-order valence-electron chi connectivity index (χ0n) is 15.6. The summed E-state index contributed by atoms with van der Waals surface area (Å²) >= 11 is 0. The van der Waals surface area contributed by atoms with Crippen molar-refractivity contribution in [1.29, 1.82) is 0 Å². The van der Waals surface area contributed by atoms with Gasteiger partial charge >= 0.3 is 0 Å². The van der Waals surface area contributed by atoms with Gasteiger partial charge in [0.2, 0.25) is 5.91 Å². The fraction of sp³-hybridized carbons (Fsp3) is 0.429. The van der Waals surface area contributed by atoms with Crippen LogP contribution in [0.5, 0.6) is 0 Å². The number of rotatable bonds is 7. The van der Waals surface area contributed by atoms with Crippen molar-refractivity contribution in [3.8, 4) is 0 Å². The number of carbonyl (C=O) groups excluding carboxylic acids is 1. The minimum Gasteiger partial charge on any atom is -0.310 e. The molecule has 1 atom stereocenters. The summed E-state index contributed by atoms with van der Waals surface area (Å²) in [7, 11) is -3.24. The van der Waals surface area contributed by atoms with E-state index in [1.54, 1.807) is 49.5 Å². The molecule has 3 rings (SSSR count). The lowest BCUT2D eigenvalue weighted by molar-refractivity contribution is -0.118. The number of pyridine rings is 1. The number of nitrogens with zero attached hydrogens (tertiary/aromatic N) is 1. The van der Waals surface area contributed by atoms with E-state index < -0.39 is 9.84 Å². The first-order valence-corrected chi connectivity index (χ1v) is 11.2. The van der Waals surface area contributed by atoms with E-state index in [1.807, 2.05) is 6.07 Å². The maximum absolute atomic E-state index is 13.0. The molecule has 1 unspecified atom stereocenters. The van der Waals surface area contributed by atoms with Gasteiger partial charge in [-0.15, -0.1) is 0 Å². The Balaban J connectivity index is 1.83. The molecule has 144 valence electrons. The van der Waals surface area contributed by atoms with Gasteiger partial charge in [0, 0.05) is 6.20 Å². The standard InChI is InChI=1S/C21H26N2O3S/c1-2-27(25,26)18-12-10-17(11-13-18)19(15-16-7-3-4-8-16)21(24)23-20-9-5-6-14-22-20/h5-6,9-14,16,19H,2-4,7-8,15H2,1H3,(H,22,23,24). The van der Waals surface area contributed by atoms with Crippen LogP contribution in [-0.4, -0.2) is 25.1 Å². The number of benzene rings is 1. The second-order valence-corrected chi connectivity index (χ2v) is 9.39. The first-order chi connectivity index (χ1) is 13.0. The Bertz CT molecular complexity index is 858. The molecule has 27 heavy (non-hydrogen) atoms. The number of hydrogen-bond donors (Lipinski definition) is 1. The molecule has 1 aliphatic rings. The summed E-state index contributed by atoms with van der Waals surface area (Å²) in [6, 6.07) is 12.2. The number of sulfone groups is 1. The van der Waals surface area contributed by atoms with Gasteiger partial charge in [0.1, 0.15) is 5.82 Å². The molecule has 0 bridgehead atoms. The topological polar surface area (TPSA) is 76.1 Å². The molecule has 1 aromatic carbocycles. The molecule has 1 amide bonds. The molecule has 0 radical (unpaired) electrons. The second-order valence-electron chi connectivity index (χ2n) is 7.12. The molecule has 6 heteroatoms. The fourth-order valence-corrected chi connectivity index (χ4v) is 4.58. The van der Waals surface area contributed by atoms with Crippen molar-refractivity contribution in [1.82, 2.24) is 4.98 Å². The summed E-state index contributed by atoms with van der Waals surface area (Å²) in [6.45, 7) is 1.63. The van der Waals surface area contributed by atoms with Crippen LogP contribution < -0.4 is 5.32 Å². The molecular formula is C21H26N2O3S. The van der Waals surface area contributed by atoms with Gasteiger partial charge in [0.25, 0.3) is 0 Å². The average molecular weight is 387 g/mol. The third-order valence-corrected chi connectivity index (χ3v) is 7.05. The molecule has 1 aromatic heterocycles. The average Bonchev–Trinajstić information content (AvgIpc) is 3.20. The van der Waals surface area contributed by atoms with Gasteiger partial charge in [-0.2, -0.15) is 0 Å². The van der Waals surface area contributed by atoms with Gasteiger partial charge in [-0.3, -0.25) is 4.79 Å². The Morgan fingerprint density at radius 3 is 2.44 bits per heavy atom. The number of amides is 1. The van der Waals surface area contributed by atoms with Gasteiger partial charge in [0.05, 0.1) is 16.6 Å². The van der Waals surface area contributed by atoms with Crippen molar-refractivity contribution in [3.63, 3.8) is 0 Å². The molecule has 0 spiro atoms. The summed E-state index contributed by atoms with van der Waals surface area (Å²) in [5.41, 5.74) is 0.852. The Morgan fingerprint density at radius 2 is 1.85 bits per heavy atom. The number of hydrogen-bond acceptors (Lipinski definition) is 4. The summed E-state index contributed by atoms with van der Waals surface area (Å²) in [6.07, 6.45) is 7.15. The van der Waals surface area contributed by atoms with E-state index in [1.165, 1.54) is 12.8 Å². The molecule has 2 aromatic rings. The highest BCUT2D eigenvalue weighted by Crippen LogP contribution is 2.35. The maximum Gasteiger partial charge on any atom is 0.233 e. The molecule has 1 N–H and O–H groups in total. The molecule has 0 aliphatic heterocycles. The predicted molar refractivity (Wildman–Crippen MR) is 106 cm³/mol. The summed E-state index contributed by atoms with van der Waals surface area (Å²) in [4.78, 5) is 17.4. The van der Waals surface area contributed by atoms with Crippen molar-refractivity contribution in [2.75, 3.05) is 11.1 Å². The van der Waals surface area contributed by atoms with E-state index in [-0.39, 0.29) is 17.6 Å². The normalized spacial score (nSPS) is 16.2. The van der Waals surface area contributed by atoms with E-state index in [0.717, 1.165) is 24.8 Å². The molecule has 5 nitrogen and oxygen atoms in total. The van der Waals surface area contributed by atoms with E-state index in [0.29, 0.717) is 16.6 Å². The van der Waals surface area contributed by atoms with Crippen molar-refractivity contribution >= 4 is 21.6 Å². The second kappa shape index (κ2) is 8.65. The first-order valence-electron chi connectivity index (χ1n) is 9.54. The lowest BCUT2D eigenvalue weighted by atomic mass is 9.87. The Hall–Kier alpha value is -2.21. The third-order valence-electron chi connectivity index (χ3n) is 5.30. The van der Waals surface area contributed by atoms with Crippen molar-refractivity contribution in [3.05, 3.63) is 54.2 Å². The monoisotopic (exact) mass is 386 g/mol. The smallest absolute Gasteiger partial charge is 0.233 e. The fourth-order valence-electron chi connectivity index (χ4n) is 3.70. The Labute approximate surface area is 161 Å². The highest BCUT2D eigenvalue weighted by molar-refractivity contribution is 7.91. The maximum atomic E-state index is 13.0. The minimum absolute atomic E-state index is 0.0675. The van der Waals surface area contributed by atoms with Crippen LogP contribution in [0.3, 0.4) is 0 Å². The molecular weight excluding hydrogens is 360 g/mol. The minimum atomic E-state index is -3.24. The summed E-state index contributed by atoms with van der Waals surface area (Å²) in [5, 5.41) is 2.90. The van der Waals surface area contributed by atoms with E-state index >= 15 is 0 Å². The highest BCUT2D eigenvalue weighted by Gasteiger charge is 2.27. The zero-order valence-corrected chi connectivity index (χ0v) is 16.4. The van der Waals surface area contributed by atoms with Crippen LogP contribution in [0.1, 0.15) is 50.5 Å². The lowest BCUT2D eigenvalue weighted by Gasteiger charge is -2.21. The van der Waals surface area contributed by atoms with Gasteiger partial charge in [-0.1, -0.05) is 50.8 Å². The van der Waals surface area contributed by atoms with Crippen LogP contribution in [-0.2, 0) is 14.6 Å². The van der Waals surface area contributed by atoms with Crippen LogP contribution in [0, 0.1) is 5.92 Å².